The van der Waals surface area contributed by atoms with Gasteiger partial charge in [-0.25, -0.2) is 9.59 Å². The van der Waals surface area contributed by atoms with Gasteiger partial charge in [0.05, 0.1) is 0 Å². The van der Waals surface area contributed by atoms with Gasteiger partial charge in [-0.3, -0.25) is 0 Å². The van der Waals surface area contributed by atoms with E-state index in [4.69, 9.17) is 0 Å². The van der Waals surface area contributed by atoms with Crippen LogP contribution in [0.4, 0.5) is 4.79 Å². The van der Waals surface area contributed by atoms with Crippen molar-refractivity contribution in [3.05, 3.63) is 0 Å². The number of hydrogen-bond acceptors (Lipinski definition) is 2. The van der Waals surface area contributed by atoms with Gasteiger partial charge < -0.3 is 14.9 Å². The molecule has 2 atom stereocenters. The van der Waals surface area contributed by atoms with Gasteiger partial charge in [-0.2, -0.15) is 0 Å². The number of urea groups is 1. The first-order valence-corrected chi connectivity index (χ1v) is 7.29. The first kappa shape index (κ1) is 14.2. The largest absolute Gasteiger partial charge is 0.480 e. The molecule has 2 heterocycles. The zero-order valence-electron chi connectivity index (χ0n) is 11.8. The van der Waals surface area contributed by atoms with E-state index in [0.717, 1.165) is 38.8 Å². The van der Waals surface area contributed by atoms with Crippen molar-refractivity contribution in [2.24, 2.45) is 11.8 Å². The normalized spacial score (nSPS) is 29.4. The fourth-order valence-corrected chi connectivity index (χ4v) is 3.16. The summed E-state index contributed by atoms with van der Waals surface area (Å²) in [5.41, 5.74) is 0. The average Bonchev–Trinajstić information content (AvgIpc) is 2.38. The predicted octanol–water partition coefficient (Wildman–Crippen LogP) is 2.02. The molecule has 2 aliphatic rings. The molecule has 0 aromatic rings. The van der Waals surface area contributed by atoms with Crippen LogP contribution in [-0.4, -0.2) is 52.6 Å². The molecule has 0 bridgehead atoms. The molecule has 2 saturated heterocycles. The molecule has 19 heavy (non-hydrogen) atoms. The van der Waals surface area contributed by atoms with Gasteiger partial charge in [0, 0.05) is 19.6 Å². The lowest BCUT2D eigenvalue weighted by Crippen LogP contribution is -2.56. The van der Waals surface area contributed by atoms with Crippen LogP contribution in [0.25, 0.3) is 0 Å². The van der Waals surface area contributed by atoms with E-state index in [2.05, 4.69) is 6.92 Å². The smallest absolute Gasteiger partial charge is 0.326 e. The van der Waals surface area contributed by atoms with Crippen molar-refractivity contribution in [1.82, 2.24) is 9.80 Å². The highest BCUT2D eigenvalue weighted by atomic mass is 16.4. The highest BCUT2D eigenvalue weighted by molar-refractivity contribution is 5.83. The Hall–Kier alpha value is -1.26. The molecular weight excluding hydrogens is 244 g/mol. The third kappa shape index (κ3) is 3.01. The second-order valence-corrected chi connectivity index (χ2v) is 6.05. The number of likely N-dealkylation sites (tertiary alicyclic amines) is 2. The summed E-state index contributed by atoms with van der Waals surface area (Å²) >= 11 is 0. The molecule has 2 rings (SSSR count). The lowest BCUT2D eigenvalue weighted by atomic mass is 9.91. The fraction of sp³-hybridized carbons (Fsp3) is 0.857. The summed E-state index contributed by atoms with van der Waals surface area (Å²) in [6.07, 6.45) is 3.83. The summed E-state index contributed by atoms with van der Waals surface area (Å²) in [6.45, 7) is 6.22. The summed E-state index contributed by atoms with van der Waals surface area (Å²) in [4.78, 5) is 27.3. The summed E-state index contributed by atoms with van der Waals surface area (Å²) in [5.74, 6) is -0.163. The molecule has 108 valence electrons. The van der Waals surface area contributed by atoms with Crippen molar-refractivity contribution in [1.29, 1.82) is 0 Å². The van der Waals surface area contributed by atoms with Crippen molar-refractivity contribution in [3.8, 4) is 0 Å². The zero-order valence-corrected chi connectivity index (χ0v) is 11.8. The van der Waals surface area contributed by atoms with Gasteiger partial charge in [-0.15, -0.1) is 0 Å². The summed E-state index contributed by atoms with van der Waals surface area (Å²) in [7, 11) is 0. The van der Waals surface area contributed by atoms with Crippen molar-refractivity contribution in [3.63, 3.8) is 0 Å². The molecule has 1 N–H and O–H groups in total. The van der Waals surface area contributed by atoms with E-state index < -0.39 is 12.0 Å². The molecular formula is C14H24N2O3. The van der Waals surface area contributed by atoms with Crippen LogP contribution in [0.3, 0.4) is 0 Å². The maximum Gasteiger partial charge on any atom is 0.326 e. The van der Waals surface area contributed by atoms with E-state index in [9.17, 15) is 14.7 Å². The Labute approximate surface area is 114 Å². The van der Waals surface area contributed by atoms with Gasteiger partial charge in [0.15, 0.2) is 0 Å². The van der Waals surface area contributed by atoms with Gasteiger partial charge in [0.2, 0.25) is 0 Å². The second kappa shape index (κ2) is 5.80. The number of piperidine rings is 2. The Morgan fingerprint density at radius 2 is 1.68 bits per heavy atom. The first-order chi connectivity index (χ1) is 9.00. The lowest BCUT2D eigenvalue weighted by molar-refractivity contribution is -0.145. The number of carboxylic acid groups (broad SMARTS) is 1. The Morgan fingerprint density at radius 1 is 1.05 bits per heavy atom. The minimum atomic E-state index is -0.870. The number of carboxylic acids is 1. The third-order valence-corrected chi connectivity index (χ3v) is 4.49. The number of rotatable bonds is 1. The van der Waals surface area contributed by atoms with Crippen molar-refractivity contribution in [2.45, 2.75) is 45.6 Å². The first-order valence-electron chi connectivity index (χ1n) is 7.29. The van der Waals surface area contributed by atoms with Crippen LogP contribution in [-0.2, 0) is 4.79 Å². The molecule has 2 fully saturated rings. The number of carbonyl (C=O) groups is 2. The van der Waals surface area contributed by atoms with Crippen LogP contribution >= 0.6 is 0 Å². The monoisotopic (exact) mass is 268 g/mol. The van der Waals surface area contributed by atoms with E-state index in [1.54, 1.807) is 4.90 Å². The molecule has 2 amide bonds. The van der Waals surface area contributed by atoms with E-state index in [1.165, 1.54) is 0 Å². The molecule has 2 unspecified atom stereocenters. The van der Waals surface area contributed by atoms with E-state index in [-0.39, 0.29) is 11.9 Å². The molecule has 0 aromatic heterocycles. The Balaban J connectivity index is 2.05. The third-order valence-electron chi connectivity index (χ3n) is 4.49. The van der Waals surface area contributed by atoms with Crippen LogP contribution in [0.15, 0.2) is 0 Å². The van der Waals surface area contributed by atoms with E-state index in [1.807, 2.05) is 11.8 Å². The maximum absolute atomic E-state index is 12.5. The Bertz CT molecular complexity index is 351. The number of aliphatic carboxylic acids is 1. The number of hydrogen-bond donors (Lipinski definition) is 1. The summed E-state index contributed by atoms with van der Waals surface area (Å²) in [6, 6.07) is -0.730. The number of nitrogens with zero attached hydrogens (tertiary/aromatic N) is 2. The SMILES string of the molecule is CC1CCN(C(=O)N2CCCC(C)C2C(=O)O)CC1. The van der Waals surface area contributed by atoms with Crippen LogP contribution < -0.4 is 0 Å². The van der Waals surface area contributed by atoms with Gasteiger partial charge in [-0.05, 0) is 37.5 Å². The molecule has 0 aliphatic carbocycles. The summed E-state index contributed by atoms with van der Waals surface area (Å²) < 4.78 is 0. The second-order valence-electron chi connectivity index (χ2n) is 6.05. The quantitative estimate of drug-likeness (QED) is 0.791. The molecule has 5 heteroatoms. The maximum atomic E-state index is 12.5. The van der Waals surface area contributed by atoms with Crippen molar-refractivity contribution < 1.29 is 14.7 Å². The van der Waals surface area contributed by atoms with Gasteiger partial charge >= 0.3 is 12.0 Å². The minimum absolute atomic E-state index is 0.0407. The van der Waals surface area contributed by atoms with E-state index >= 15 is 0 Å². The lowest BCUT2D eigenvalue weighted by Gasteiger charge is -2.41. The zero-order chi connectivity index (χ0) is 14.0. The Morgan fingerprint density at radius 3 is 2.26 bits per heavy atom. The summed E-state index contributed by atoms with van der Waals surface area (Å²) in [5, 5.41) is 9.36. The van der Waals surface area contributed by atoms with Crippen molar-refractivity contribution in [2.75, 3.05) is 19.6 Å². The molecule has 2 aliphatic heterocycles. The fourth-order valence-electron chi connectivity index (χ4n) is 3.16. The van der Waals surface area contributed by atoms with E-state index in [0.29, 0.717) is 12.5 Å². The van der Waals surface area contributed by atoms with Crippen LogP contribution in [0.5, 0.6) is 0 Å². The molecule has 0 saturated carbocycles. The molecule has 0 radical (unpaired) electrons. The van der Waals surface area contributed by atoms with Crippen molar-refractivity contribution >= 4 is 12.0 Å². The highest BCUT2D eigenvalue weighted by Gasteiger charge is 2.39. The Kier molecular flexibility index (Phi) is 4.32. The molecule has 5 nitrogen and oxygen atoms in total. The van der Waals surface area contributed by atoms with Crippen LogP contribution in [0, 0.1) is 11.8 Å². The van der Waals surface area contributed by atoms with Crippen LogP contribution in [0.2, 0.25) is 0 Å². The van der Waals surface area contributed by atoms with Gasteiger partial charge in [0.1, 0.15) is 6.04 Å². The predicted molar refractivity (Wildman–Crippen MR) is 71.9 cm³/mol. The molecule has 0 spiro atoms. The average molecular weight is 268 g/mol. The topological polar surface area (TPSA) is 60.9 Å². The van der Waals surface area contributed by atoms with Crippen LogP contribution in [0.1, 0.15) is 39.5 Å². The minimum Gasteiger partial charge on any atom is -0.480 e. The van der Waals surface area contributed by atoms with Gasteiger partial charge in [0.25, 0.3) is 0 Å². The number of amides is 2. The standard InChI is InChI=1S/C14H24N2O3/c1-10-5-8-15(9-6-10)14(19)16-7-3-4-11(2)12(16)13(17)18/h10-12H,3-9H2,1-2H3,(H,17,18). The number of carbonyl (C=O) groups excluding carboxylic acids is 1. The van der Waals surface area contributed by atoms with Gasteiger partial charge in [-0.1, -0.05) is 13.8 Å². The molecule has 0 aromatic carbocycles. The highest BCUT2D eigenvalue weighted by Crippen LogP contribution is 2.26.